The maximum absolute atomic E-state index is 13.8. The topological polar surface area (TPSA) is 55.8 Å². The maximum atomic E-state index is 13.8. The third-order valence-corrected chi connectivity index (χ3v) is 2.61. The zero-order chi connectivity index (χ0) is 15.4. The smallest absolute Gasteiger partial charge is 0.335 e. The summed E-state index contributed by atoms with van der Waals surface area (Å²) in [6.07, 6.45) is 0. The second-order valence-electron chi connectivity index (χ2n) is 4.06. The molecule has 0 aromatic heterocycles. The number of carbonyl (C=O) groups is 1. The molecule has 2 rings (SSSR count). The molecule has 0 saturated heterocycles. The molecular weight excluding hydrogens is 282 g/mol. The molecule has 4 nitrogen and oxygen atoms in total. The van der Waals surface area contributed by atoms with Gasteiger partial charge in [0.05, 0.1) is 12.2 Å². The van der Waals surface area contributed by atoms with Gasteiger partial charge in [-0.2, -0.15) is 0 Å². The fourth-order valence-corrected chi connectivity index (χ4v) is 1.70. The highest BCUT2D eigenvalue weighted by molar-refractivity contribution is 5.87. The number of halogens is 2. The highest BCUT2D eigenvalue weighted by Crippen LogP contribution is 2.34. The molecule has 110 valence electrons. The van der Waals surface area contributed by atoms with Crippen LogP contribution in [0.3, 0.4) is 0 Å². The predicted molar refractivity (Wildman–Crippen MR) is 71.0 cm³/mol. The van der Waals surface area contributed by atoms with Crippen LogP contribution >= 0.6 is 0 Å². The van der Waals surface area contributed by atoms with Gasteiger partial charge in [-0.25, -0.2) is 13.6 Å². The van der Waals surface area contributed by atoms with E-state index in [-0.39, 0.29) is 5.75 Å². The Morgan fingerprint density at radius 3 is 2.24 bits per heavy atom. The van der Waals surface area contributed by atoms with E-state index < -0.39 is 28.9 Å². The lowest BCUT2D eigenvalue weighted by Crippen LogP contribution is -2.02. The minimum atomic E-state index is -1.42. The summed E-state index contributed by atoms with van der Waals surface area (Å²) < 4.78 is 38.1. The molecule has 0 radical (unpaired) electrons. The van der Waals surface area contributed by atoms with Crippen molar-refractivity contribution in [2.75, 3.05) is 6.61 Å². The average molecular weight is 294 g/mol. The molecule has 0 atom stereocenters. The predicted octanol–water partition coefficient (Wildman–Crippen LogP) is 3.85. The van der Waals surface area contributed by atoms with E-state index in [1.54, 1.807) is 25.1 Å². The molecule has 0 unspecified atom stereocenters. The number of carboxylic acid groups (broad SMARTS) is 1. The molecule has 6 heteroatoms. The quantitative estimate of drug-likeness (QED) is 0.910. The zero-order valence-corrected chi connectivity index (χ0v) is 11.1. The molecule has 2 aromatic carbocycles. The van der Waals surface area contributed by atoms with Crippen LogP contribution in [0.5, 0.6) is 17.2 Å². The summed E-state index contributed by atoms with van der Waals surface area (Å²) in [5.41, 5.74) is -0.490. The van der Waals surface area contributed by atoms with Crippen LogP contribution in [0.25, 0.3) is 0 Å². The fourth-order valence-electron chi connectivity index (χ4n) is 1.70. The SMILES string of the molecule is CCOc1ccccc1Oc1c(F)cc(C(=O)O)cc1F. The Kier molecular flexibility index (Phi) is 4.37. The van der Waals surface area contributed by atoms with Crippen molar-refractivity contribution < 1.29 is 28.2 Å². The normalized spacial score (nSPS) is 10.2. The number of carboxylic acids is 1. The van der Waals surface area contributed by atoms with Gasteiger partial charge in [-0.15, -0.1) is 0 Å². The molecule has 0 aliphatic rings. The van der Waals surface area contributed by atoms with E-state index in [2.05, 4.69) is 0 Å². The summed E-state index contributed by atoms with van der Waals surface area (Å²) in [6, 6.07) is 7.81. The van der Waals surface area contributed by atoms with Crippen molar-refractivity contribution in [3.63, 3.8) is 0 Å². The lowest BCUT2D eigenvalue weighted by Gasteiger charge is -2.12. The first-order valence-corrected chi connectivity index (χ1v) is 6.15. The van der Waals surface area contributed by atoms with Crippen LogP contribution in [0, 0.1) is 11.6 Å². The number of benzene rings is 2. The van der Waals surface area contributed by atoms with Gasteiger partial charge < -0.3 is 14.6 Å². The first kappa shape index (κ1) is 14.8. The van der Waals surface area contributed by atoms with E-state index in [1.165, 1.54) is 6.07 Å². The number of rotatable bonds is 5. The summed E-state index contributed by atoms with van der Waals surface area (Å²) in [6.45, 7) is 2.13. The van der Waals surface area contributed by atoms with E-state index in [1.807, 2.05) is 0 Å². The van der Waals surface area contributed by atoms with Crippen molar-refractivity contribution in [1.29, 1.82) is 0 Å². The third-order valence-electron chi connectivity index (χ3n) is 2.61. The van der Waals surface area contributed by atoms with Crippen molar-refractivity contribution in [3.8, 4) is 17.2 Å². The number of hydrogen-bond donors (Lipinski definition) is 1. The standard InChI is InChI=1S/C15H12F2O4/c1-2-20-12-5-3-4-6-13(12)21-14-10(16)7-9(15(18)19)8-11(14)17/h3-8H,2H2,1H3,(H,18,19). The monoisotopic (exact) mass is 294 g/mol. The lowest BCUT2D eigenvalue weighted by atomic mass is 10.2. The van der Waals surface area contributed by atoms with Gasteiger partial charge >= 0.3 is 5.97 Å². The van der Waals surface area contributed by atoms with E-state index in [0.29, 0.717) is 24.5 Å². The Labute approximate surface area is 119 Å². The molecule has 2 aromatic rings. The summed E-state index contributed by atoms with van der Waals surface area (Å²) in [7, 11) is 0. The minimum Gasteiger partial charge on any atom is -0.490 e. The summed E-state index contributed by atoms with van der Waals surface area (Å²) >= 11 is 0. The molecule has 1 N–H and O–H groups in total. The molecular formula is C15H12F2O4. The minimum absolute atomic E-state index is 0.139. The van der Waals surface area contributed by atoms with Crippen molar-refractivity contribution in [2.24, 2.45) is 0 Å². The van der Waals surface area contributed by atoms with E-state index in [0.717, 1.165) is 0 Å². The van der Waals surface area contributed by atoms with Crippen LogP contribution in [0.1, 0.15) is 17.3 Å². The van der Waals surface area contributed by atoms with Crippen molar-refractivity contribution in [1.82, 2.24) is 0 Å². The number of aromatic carboxylic acids is 1. The van der Waals surface area contributed by atoms with Crippen LogP contribution in [0.2, 0.25) is 0 Å². The average Bonchev–Trinajstić information content (AvgIpc) is 2.44. The molecule has 0 amide bonds. The number of hydrogen-bond acceptors (Lipinski definition) is 3. The van der Waals surface area contributed by atoms with Gasteiger partial charge in [0.15, 0.2) is 28.9 Å². The zero-order valence-electron chi connectivity index (χ0n) is 11.1. The van der Waals surface area contributed by atoms with Gasteiger partial charge in [-0.3, -0.25) is 0 Å². The van der Waals surface area contributed by atoms with Crippen molar-refractivity contribution in [2.45, 2.75) is 6.92 Å². The van der Waals surface area contributed by atoms with Crippen molar-refractivity contribution >= 4 is 5.97 Å². The van der Waals surface area contributed by atoms with Gasteiger partial charge in [0, 0.05) is 0 Å². The summed E-state index contributed by atoms with van der Waals surface area (Å²) in [4.78, 5) is 10.7. The maximum Gasteiger partial charge on any atom is 0.335 e. The van der Waals surface area contributed by atoms with Gasteiger partial charge in [-0.05, 0) is 31.2 Å². The van der Waals surface area contributed by atoms with Crippen LogP contribution in [0.4, 0.5) is 8.78 Å². The molecule has 0 fully saturated rings. The van der Waals surface area contributed by atoms with Gasteiger partial charge in [0.2, 0.25) is 0 Å². The molecule has 0 heterocycles. The Morgan fingerprint density at radius 2 is 1.71 bits per heavy atom. The van der Waals surface area contributed by atoms with Crippen LogP contribution in [-0.2, 0) is 0 Å². The van der Waals surface area contributed by atoms with Crippen molar-refractivity contribution in [3.05, 3.63) is 53.6 Å². The highest BCUT2D eigenvalue weighted by Gasteiger charge is 2.18. The molecule has 21 heavy (non-hydrogen) atoms. The summed E-state index contributed by atoms with van der Waals surface area (Å²) in [5.74, 6) is -3.82. The number of ether oxygens (including phenoxy) is 2. The Bertz CT molecular complexity index is 647. The van der Waals surface area contributed by atoms with Crippen LogP contribution < -0.4 is 9.47 Å². The Hall–Kier alpha value is -2.63. The van der Waals surface area contributed by atoms with E-state index >= 15 is 0 Å². The fraction of sp³-hybridized carbons (Fsp3) is 0.133. The van der Waals surface area contributed by atoms with Gasteiger partial charge in [0.1, 0.15) is 0 Å². The molecule has 0 spiro atoms. The molecule has 0 aliphatic heterocycles. The second kappa shape index (κ2) is 6.21. The number of para-hydroxylation sites is 2. The van der Waals surface area contributed by atoms with Crippen LogP contribution in [0.15, 0.2) is 36.4 Å². The molecule has 0 saturated carbocycles. The first-order valence-electron chi connectivity index (χ1n) is 6.15. The Morgan fingerprint density at radius 1 is 1.14 bits per heavy atom. The molecule has 0 aliphatic carbocycles. The van der Waals surface area contributed by atoms with Gasteiger partial charge in [-0.1, -0.05) is 12.1 Å². The summed E-state index contributed by atoms with van der Waals surface area (Å²) in [5, 5.41) is 8.73. The first-order chi connectivity index (χ1) is 10.0. The largest absolute Gasteiger partial charge is 0.490 e. The van der Waals surface area contributed by atoms with Gasteiger partial charge in [0.25, 0.3) is 0 Å². The second-order valence-corrected chi connectivity index (χ2v) is 4.06. The van der Waals surface area contributed by atoms with E-state index in [9.17, 15) is 13.6 Å². The van der Waals surface area contributed by atoms with Crippen LogP contribution in [-0.4, -0.2) is 17.7 Å². The third kappa shape index (κ3) is 3.28. The Balaban J connectivity index is 2.38. The highest BCUT2D eigenvalue weighted by atomic mass is 19.1. The lowest BCUT2D eigenvalue weighted by molar-refractivity contribution is 0.0695. The van der Waals surface area contributed by atoms with E-state index in [4.69, 9.17) is 14.6 Å². The molecule has 0 bridgehead atoms.